The van der Waals surface area contributed by atoms with Crippen LogP contribution in [0.4, 0.5) is 23.2 Å². The Bertz CT molecular complexity index is 1380. The van der Waals surface area contributed by atoms with Crippen LogP contribution in [0.15, 0.2) is 66.7 Å². The zero-order valence-corrected chi connectivity index (χ0v) is 23.4. The first-order valence-electron chi connectivity index (χ1n) is 14.1. The fourth-order valence-corrected chi connectivity index (χ4v) is 5.13. The Hall–Kier alpha value is -3.76. The monoisotopic (exact) mass is 585 g/mol. The number of halogens is 4. The van der Waals surface area contributed by atoms with Crippen molar-refractivity contribution in [3.63, 3.8) is 0 Å². The molecule has 224 valence electrons. The van der Waals surface area contributed by atoms with Gasteiger partial charge in [-0.2, -0.15) is 13.2 Å². The van der Waals surface area contributed by atoms with Gasteiger partial charge >= 0.3 is 6.18 Å². The fourth-order valence-electron chi connectivity index (χ4n) is 5.13. The Morgan fingerprint density at radius 2 is 1.76 bits per heavy atom. The van der Waals surface area contributed by atoms with E-state index in [-0.39, 0.29) is 36.7 Å². The number of aliphatic hydroxyl groups is 1. The van der Waals surface area contributed by atoms with Gasteiger partial charge in [0.1, 0.15) is 0 Å². The smallest absolute Gasteiger partial charge is 0.390 e. The van der Waals surface area contributed by atoms with E-state index >= 15 is 4.39 Å². The Labute approximate surface area is 242 Å². The summed E-state index contributed by atoms with van der Waals surface area (Å²) in [6, 6.07) is 16.3. The summed E-state index contributed by atoms with van der Waals surface area (Å²) in [5.41, 5.74) is 1.04. The number of carbonyl (C=O) groups excluding carboxylic acids is 2. The maximum absolute atomic E-state index is 15.7. The molecule has 3 aromatic carbocycles. The highest BCUT2D eigenvalue weighted by atomic mass is 19.4. The normalized spacial score (nSPS) is 15.1. The molecule has 1 heterocycles. The Morgan fingerprint density at radius 1 is 1.02 bits per heavy atom. The van der Waals surface area contributed by atoms with E-state index in [0.717, 1.165) is 29.7 Å². The van der Waals surface area contributed by atoms with Crippen LogP contribution in [0, 0.1) is 5.82 Å². The van der Waals surface area contributed by atoms with Gasteiger partial charge in [-0.15, -0.1) is 0 Å². The molecule has 2 atom stereocenters. The van der Waals surface area contributed by atoms with E-state index in [2.05, 4.69) is 10.6 Å². The molecule has 1 saturated heterocycles. The van der Waals surface area contributed by atoms with Gasteiger partial charge in [-0.25, -0.2) is 4.39 Å². The van der Waals surface area contributed by atoms with Gasteiger partial charge in [-0.05, 0) is 54.2 Å². The van der Waals surface area contributed by atoms with Crippen molar-refractivity contribution in [2.24, 2.45) is 0 Å². The first kappa shape index (κ1) is 31.2. The van der Waals surface area contributed by atoms with Crippen LogP contribution in [0.5, 0.6) is 0 Å². The maximum atomic E-state index is 15.7. The second kappa shape index (κ2) is 13.9. The zero-order valence-electron chi connectivity index (χ0n) is 23.4. The summed E-state index contributed by atoms with van der Waals surface area (Å²) in [5, 5.41) is 16.8. The average Bonchev–Trinajstić information content (AvgIpc) is 3.39. The molecule has 10 heteroatoms. The summed E-state index contributed by atoms with van der Waals surface area (Å²) in [6.45, 7) is 2.36. The summed E-state index contributed by atoms with van der Waals surface area (Å²) in [4.78, 5) is 27.3. The molecule has 1 fully saturated rings. The molecule has 3 N–H and O–H groups in total. The van der Waals surface area contributed by atoms with Crippen LogP contribution in [0.25, 0.3) is 0 Å². The molecule has 0 spiro atoms. The largest absolute Gasteiger partial charge is 0.416 e. The standard InChI is InChI=1S/C32H35F4N3O3/c1-2-8-22-16-25(30(33)27(18-22)39-14-7-13-29(39)41)31(42)38-26(17-21-9-4-3-5-10-21)28(40)20-37-19-23-11-6-12-24(15-23)32(34,35)36/h3-6,9-12,15-16,18,26,28,37,40H,2,7-8,13-14,17,19-20H2,1H3,(H,38,42)/t26-,28+/m0/s1. The van der Waals surface area contributed by atoms with Crippen molar-refractivity contribution in [1.29, 1.82) is 0 Å². The van der Waals surface area contributed by atoms with E-state index in [1.54, 1.807) is 12.1 Å². The first-order chi connectivity index (χ1) is 20.1. The van der Waals surface area contributed by atoms with Crippen molar-refractivity contribution < 1.29 is 32.3 Å². The number of carbonyl (C=O) groups is 2. The topological polar surface area (TPSA) is 81.7 Å². The summed E-state index contributed by atoms with van der Waals surface area (Å²) in [5.74, 6) is -1.72. The molecule has 1 aliphatic rings. The number of anilines is 1. The van der Waals surface area contributed by atoms with Crippen LogP contribution in [-0.2, 0) is 30.4 Å². The van der Waals surface area contributed by atoms with E-state index in [0.29, 0.717) is 31.4 Å². The lowest BCUT2D eigenvalue weighted by atomic mass is 9.99. The van der Waals surface area contributed by atoms with E-state index in [1.165, 1.54) is 17.0 Å². The number of nitrogens with one attached hydrogen (secondary N) is 2. The molecule has 0 aliphatic carbocycles. The van der Waals surface area contributed by atoms with Gasteiger partial charge in [0.15, 0.2) is 5.82 Å². The predicted octanol–water partition coefficient (Wildman–Crippen LogP) is 5.42. The number of amides is 2. The number of rotatable bonds is 12. The highest BCUT2D eigenvalue weighted by Gasteiger charge is 2.31. The lowest BCUT2D eigenvalue weighted by molar-refractivity contribution is -0.137. The van der Waals surface area contributed by atoms with Crippen molar-refractivity contribution >= 4 is 17.5 Å². The molecular weight excluding hydrogens is 550 g/mol. The second-order valence-corrected chi connectivity index (χ2v) is 10.5. The summed E-state index contributed by atoms with van der Waals surface area (Å²) < 4.78 is 55.0. The Balaban J connectivity index is 1.53. The number of hydrogen-bond donors (Lipinski definition) is 3. The SMILES string of the molecule is CCCc1cc(C(=O)N[C@@H](Cc2ccccc2)[C@H](O)CNCc2cccc(C(F)(F)F)c2)c(F)c(N2CCCC2=O)c1. The Kier molecular flexibility index (Phi) is 10.3. The van der Waals surface area contributed by atoms with Crippen molar-refractivity contribution in [1.82, 2.24) is 10.6 Å². The highest BCUT2D eigenvalue weighted by Crippen LogP contribution is 2.30. The second-order valence-electron chi connectivity index (χ2n) is 10.5. The lowest BCUT2D eigenvalue weighted by Crippen LogP contribution is -2.49. The van der Waals surface area contributed by atoms with Gasteiger partial charge < -0.3 is 20.6 Å². The van der Waals surface area contributed by atoms with Crippen molar-refractivity contribution in [2.75, 3.05) is 18.0 Å². The lowest BCUT2D eigenvalue weighted by Gasteiger charge is -2.26. The third kappa shape index (κ3) is 7.95. The number of hydrogen-bond acceptors (Lipinski definition) is 4. The average molecular weight is 586 g/mol. The number of alkyl halides is 3. The van der Waals surface area contributed by atoms with Crippen molar-refractivity contribution in [3.8, 4) is 0 Å². The summed E-state index contributed by atoms with van der Waals surface area (Å²) in [7, 11) is 0. The van der Waals surface area contributed by atoms with Crippen LogP contribution >= 0.6 is 0 Å². The number of aliphatic hydroxyl groups excluding tert-OH is 1. The molecule has 3 aromatic rings. The zero-order chi connectivity index (χ0) is 30.3. The molecule has 0 unspecified atom stereocenters. The van der Waals surface area contributed by atoms with Gasteiger partial charge in [0.2, 0.25) is 5.91 Å². The summed E-state index contributed by atoms with van der Waals surface area (Å²) in [6.07, 6.45) is -3.12. The van der Waals surface area contributed by atoms with E-state index in [9.17, 15) is 27.9 Å². The van der Waals surface area contributed by atoms with Gasteiger partial charge in [0, 0.05) is 26.1 Å². The van der Waals surface area contributed by atoms with Crippen LogP contribution < -0.4 is 15.5 Å². The number of aryl methyl sites for hydroxylation is 1. The number of benzene rings is 3. The highest BCUT2D eigenvalue weighted by molar-refractivity contribution is 6.00. The molecule has 0 aromatic heterocycles. The quantitative estimate of drug-likeness (QED) is 0.248. The number of nitrogens with zero attached hydrogens (tertiary/aromatic N) is 1. The molecule has 6 nitrogen and oxygen atoms in total. The van der Waals surface area contributed by atoms with E-state index < -0.39 is 35.6 Å². The molecule has 0 bridgehead atoms. The van der Waals surface area contributed by atoms with Crippen molar-refractivity contribution in [3.05, 3.63) is 100 Å². The third-order valence-electron chi connectivity index (χ3n) is 7.28. The molecular formula is C32H35F4N3O3. The third-order valence-corrected chi connectivity index (χ3v) is 7.28. The fraction of sp³-hybridized carbons (Fsp3) is 0.375. The van der Waals surface area contributed by atoms with Crippen LogP contribution in [-0.4, -0.2) is 42.2 Å². The van der Waals surface area contributed by atoms with E-state index in [4.69, 9.17) is 0 Å². The van der Waals surface area contributed by atoms with E-state index in [1.807, 2.05) is 37.3 Å². The first-order valence-corrected chi connectivity index (χ1v) is 14.1. The van der Waals surface area contributed by atoms with Crippen LogP contribution in [0.2, 0.25) is 0 Å². The van der Waals surface area contributed by atoms with Crippen LogP contribution in [0.1, 0.15) is 58.8 Å². The molecule has 42 heavy (non-hydrogen) atoms. The van der Waals surface area contributed by atoms with Gasteiger partial charge in [-0.1, -0.05) is 61.9 Å². The molecule has 0 radical (unpaired) electrons. The Morgan fingerprint density at radius 3 is 2.43 bits per heavy atom. The van der Waals surface area contributed by atoms with Gasteiger partial charge in [0.05, 0.1) is 29.0 Å². The van der Waals surface area contributed by atoms with Gasteiger partial charge in [-0.3, -0.25) is 9.59 Å². The minimum absolute atomic E-state index is 0.0418. The minimum atomic E-state index is -4.47. The molecule has 2 amide bonds. The van der Waals surface area contributed by atoms with Crippen molar-refractivity contribution in [2.45, 2.75) is 63.9 Å². The summed E-state index contributed by atoms with van der Waals surface area (Å²) >= 11 is 0. The molecule has 1 aliphatic heterocycles. The van der Waals surface area contributed by atoms with Crippen LogP contribution in [0.3, 0.4) is 0 Å². The minimum Gasteiger partial charge on any atom is -0.390 e. The molecule has 0 saturated carbocycles. The molecule has 4 rings (SSSR count). The maximum Gasteiger partial charge on any atom is 0.416 e. The van der Waals surface area contributed by atoms with Gasteiger partial charge in [0.25, 0.3) is 5.91 Å². The predicted molar refractivity (Wildman–Crippen MR) is 153 cm³/mol.